The van der Waals surface area contributed by atoms with Crippen molar-refractivity contribution >= 4 is 23.2 Å². The summed E-state index contributed by atoms with van der Waals surface area (Å²) in [5, 5.41) is 4.10. The van der Waals surface area contributed by atoms with E-state index in [-0.39, 0.29) is 12.1 Å². The summed E-state index contributed by atoms with van der Waals surface area (Å²) in [5.74, 6) is 0. The molecule has 0 aliphatic carbocycles. The highest BCUT2D eigenvalue weighted by Crippen LogP contribution is 2.28. The molecule has 1 atom stereocenters. The first-order chi connectivity index (χ1) is 10.7. The predicted molar refractivity (Wildman–Crippen MR) is 90.1 cm³/mol. The van der Waals surface area contributed by atoms with Gasteiger partial charge in [0.05, 0.1) is 0 Å². The second-order valence-electron chi connectivity index (χ2n) is 5.93. The number of urea groups is 1. The number of carbonyl (C=O) groups excluding carboxylic acids is 1. The number of carbonyl (C=O) groups is 1. The fourth-order valence-corrected chi connectivity index (χ4v) is 3.37. The summed E-state index contributed by atoms with van der Waals surface area (Å²) in [7, 11) is 0. The molecule has 0 saturated carbocycles. The fourth-order valence-electron chi connectivity index (χ4n) is 3.12. The van der Waals surface area contributed by atoms with Crippen LogP contribution in [0.15, 0.2) is 30.3 Å². The summed E-state index contributed by atoms with van der Waals surface area (Å²) in [6, 6.07) is 8.32. The Hall–Kier alpha value is -1.52. The number of hydrogen-bond acceptors (Lipinski definition) is 2. The number of benzene rings is 1. The molecule has 0 spiro atoms. The van der Waals surface area contributed by atoms with E-state index in [1.165, 1.54) is 5.57 Å². The van der Waals surface area contributed by atoms with Gasteiger partial charge in [-0.3, -0.25) is 0 Å². The van der Waals surface area contributed by atoms with Crippen LogP contribution in [0.2, 0.25) is 5.02 Å². The standard InChI is InChI=1S/C17H22ClN3O/c1-13-12-19-8-11-21(13)17(22)20-9-6-14(7-10-20)15-4-2-3-5-16(15)18/h2-6,13,19H,7-12H2,1H3. The molecule has 2 aliphatic rings. The number of piperazine rings is 1. The van der Waals surface area contributed by atoms with Crippen LogP contribution in [0.3, 0.4) is 0 Å². The molecule has 1 aromatic rings. The van der Waals surface area contributed by atoms with Gasteiger partial charge in [-0.25, -0.2) is 4.79 Å². The van der Waals surface area contributed by atoms with Crippen LogP contribution in [-0.2, 0) is 0 Å². The van der Waals surface area contributed by atoms with E-state index in [2.05, 4.69) is 18.3 Å². The molecule has 1 saturated heterocycles. The Balaban J connectivity index is 1.68. The summed E-state index contributed by atoms with van der Waals surface area (Å²) in [5.41, 5.74) is 2.33. The van der Waals surface area contributed by atoms with E-state index < -0.39 is 0 Å². The van der Waals surface area contributed by atoms with E-state index in [0.717, 1.165) is 43.2 Å². The van der Waals surface area contributed by atoms with Crippen LogP contribution < -0.4 is 5.32 Å². The molecule has 1 fully saturated rings. The van der Waals surface area contributed by atoms with Crippen molar-refractivity contribution in [3.8, 4) is 0 Å². The number of nitrogens with one attached hydrogen (secondary N) is 1. The summed E-state index contributed by atoms with van der Waals surface area (Å²) in [6.07, 6.45) is 2.99. The SMILES string of the molecule is CC1CNCCN1C(=O)N1CC=C(c2ccccc2Cl)CC1. The number of nitrogens with zero attached hydrogens (tertiary/aromatic N) is 2. The minimum atomic E-state index is 0.156. The smallest absolute Gasteiger partial charge is 0.320 e. The lowest BCUT2D eigenvalue weighted by Gasteiger charge is -2.38. The van der Waals surface area contributed by atoms with Gasteiger partial charge in [-0.1, -0.05) is 35.9 Å². The van der Waals surface area contributed by atoms with Crippen LogP contribution >= 0.6 is 11.6 Å². The van der Waals surface area contributed by atoms with E-state index in [4.69, 9.17) is 11.6 Å². The van der Waals surface area contributed by atoms with Gasteiger partial charge in [0.15, 0.2) is 0 Å². The molecule has 0 aromatic heterocycles. The van der Waals surface area contributed by atoms with Crippen molar-refractivity contribution in [1.82, 2.24) is 15.1 Å². The second-order valence-corrected chi connectivity index (χ2v) is 6.34. The van der Waals surface area contributed by atoms with Gasteiger partial charge in [0.25, 0.3) is 0 Å². The first-order valence-corrected chi connectivity index (χ1v) is 8.25. The molecule has 5 heteroatoms. The number of rotatable bonds is 1. The third-order valence-electron chi connectivity index (χ3n) is 4.45. The average molecular weight is 320 g/mol. The lowest BCUT2D eigenvalue weighted by Crippen LogP contribution is -2.56. The first-order valence-electron chi connectivity index (χ1n) is 7.87. The molecule has 1 unspecified atom stereocenters. The van der Waals surface area contributed by atoms with Crippen molar-refractivity contribution in [2.45, 2.75) is 19.4 Å². The number of hydrogen-bond donors (Lipinski definition) is 1. The summed E-state index contributed by atoms with van der Waals surface area (Å²) >= 11 is 6.26. The molecule has 1 N–H and O–H groups in total. The van der Waals surface area contributed by atoms with Crippen LogP contribution in [0, 0.1) is 0 Å². The molecule has 2 heterocycles. The summed E-state index contributed by atoms with van der Waals surface area (Å²) in [4.78, 5) is 16.6. The lowest BCUT2D eigenvalue weighted by molar-refractivity contribution is 0.129. The maximum Gasteiger partial charge on any atom is 0.320 e. The zero-order chi connectivity index (χ0) is 15.5. The molecular weight excluding hydrogens is 298 g/mol. The molecule has 2 aliphatic heterocycles. The van der Waals surface area contributed by atoms with E-state index in [1.54, 1.807) is 0 Å². The minimum absolute atomic E-state index is 0.156. The molecule has 118 valence electrons. The van der Waals surface area contributed by atoms with Crippen LogP contribution in [0.25, 0.3) is 5.57 Å². The Morgan fingerprint density at radius 2 is 2.14 bits per heavy atom. The van der Waals surface area contributed by atoms with Gasteiger partial charge in [0.2, 0.25) is 0 Å². The fraction of sp³-hybridized carbons (Fsp3) is 0.471. The molecular formula is C17H22ClN3O. The number of amides is 2. The van der Waals surface area contributed by atoms with Crippen LogP contribution in [0.1, 0.15) is 18.9 Å². The van der Waals surface area contributed by atoms with Crippen LogP contribution in [0.4, 0.5) is 4.79 Å². The maximum atomic E-state index is 12.6. The van der Waals surface area contributed by atoms with Crippen molar-refractivity contribution in [2.24, 2.45) is 0 Å². The van der Waals surface area contributed by atoms with Crippen LogP contribution in [-0.4, -0.2) is 54.6 Å². The van der Waals surface area contributed by atoms with E-state index >= 15 is 0 Å². The highest BCUT2D eigenvalue weighted by Gasteiger charge is 2.28. The Morgan fingerprint density at radius 1 is 1.32 bits per heavy atom. The van der Waals surface area contributed by atoms with Crippen molar-refractivity contribution < 1.29 is 4.79 Å². The second kappa shape index (κ2) is 6.71. The third-order valence-corrected chi connectivity index (χ3v) is 4.78. The summed E-state index contributed by atoms with van der Waals surface area (Å²) in [6.45, 7) is 6.06. The van der Waals surface area contributed by atoms with E-state index in [9.17, 15) is 4.79 Å². The zero-order valence-electron chi connectivity index (χ0n) is 12.9. The van der Waals surface area contributed by atoms with Crippen molar-refractivity contribution in [3.63, 3.8) is 0 Å². The first kappa shape index (κ1) is 15.4. The van der Waals surface area contributed by atoms with Gasteiger partial charge < -0.3 is 15.1 Å². The van der Waals surface area contributed by atoms with E-state index in [1.807, 2.05) is 34.1 Å². The molecule has 3 rings (SSSR count). The van der Waals surface area contributed by atoms with Gasteiger partial charge in [0.1, 0.15) is 0 Å². The molecule has 22 heavy (non-hydrogen) atoms. The van der Waals surface area contributed by atoms with Gasteiger partial charge in [-0.2, -0.15) is 0 Å². The maximum absolute atomic E-state index is 12.6. The molecule has 1 aromatic carbocycles. The Kier molecular flexibility index (Phi) is 4.69. The van der Waals surface area contributed by atoms with Gasteiger partial charge in [-0.05, 0) is 30.5 Å². The highest BCUT2D eigenvalue weighted by molar-refractivity contribution is 6.32. The normalized spacial score (nSPS) is 22.5. The summed E-state index contributed by atoms with van der Waals surface area (Å²) < 4.78 is 0. The van der Waals surface area contributed by atoms with E-state index in [0.29, 0.717) is 6.54 Å². The van der Waals surface area contributed by atoms with Crippen molar-refractivity contribution in [2.75, 3.05) is 32.7 Å². The topological polar surface area (TPSA) is 35.6 Å². The average Bonchev–Trinajstić information content (AvgIpc) is 2.55. The quantitative estimate of drug-likeness (QED) is 0.864. The minimum Gasteiger partial charge on any atom is -0.321 e. The van der Waals surface area contributed by atoms with Gasteiger partial charge in [0, 0.05) is 43.8 Å². The van der Waals surface area contributed by atoms with Gasteiger partial charge >= 0.3 is 6.03 Å². The molecule has 2 amide bonds. The zero-order valence-corrected chi connectivity index (χ0v) is 13.6. The molecule has 4 nitrogen and oxygen atoms in total. The predicted octanol–water partition coefficient (Wildman–Crippen LogP) is 2.84. The highest BCUT2D eigenvalue weighted by atomic mass is 35.5. The van der Waals surface area contributed by atoms with Crippen LogP contribution in [0.5, 0.6) is 0 Å². The molecule has 0 bridgehead atoms. The Bertz CT molecular complexity index is 587. The molecule has 0 radical (unpaired) electrons. The van der Waals surface area contributed by atoms with Crippen molar-refractivity contribution in [1.29, 1.82) is 0 Å². The van der Waals surface area contributed by atoms with Crippen molar-refractivity contribution in [3.05, 3.63) is 40.9 Å². The lowest BCUT2D eigenvalue weighted by atomic mass is 9.99. The third kappa shape index (κ3) is 3.13. The van der Waals surface area contributed by atoms with Gasteiger partial charge in [-0.15, -0.1) is 0 Å². The Morgan fingerprint density at radius 3 is 2.82 bits per heavy atom. The number of halogens is 1. The largest absolute Gasteiger partial charge is 0.321 e. The Labute approximate surface area is 136 Å². The monoisotopic (exact) mass is 319 g/mol.